The second-order valence-electron chi connectivity index (χ2n) is 4.10. The first kappa shape index (κ1) is 10.6. The van der Waals surface area contributed by atoms with E-state index in [1.165, 1.54) is 4.90 Å². The quantitative estimate of drug-likeness (QED) is 0.619. The Kier molecular flexibility index (Phi) is 3.33. The summed E-state index contributed by atoms with van der Waals surface area (Å²) in [6.07, 6.45) is 2.21. The van der Waals surface area contributed by atoms with Crippen molar-refractivity contribution in [1.82, 2.24) is 10.2 Å². The van der Waals surface area contributed by atoms with E-state index in [1.807, 2.05) is 0 Å². The highest BCUT2D eigenvalue weighted by Crippen LogP contribution is 2.13. The molecule has 0 spiro atoms. The predicted molar refractivity (Wildman–Crippen MR) is 53.1 cm³/mol. The summed E-state index contributed by atoms with van der Waals surface area (Å²) in [4.78, 5) is 24.2. The van der Waals surface area contributed by atoms with E-state index < -0.39 is 0 Å². The number of morpholine rings is 1. The molecule has 5 nitrogen and oxygen atoms in total. The largest absolute Gasteiger partial charge is 0.362 e. The molecule has 84 valence electrons. The molecule has 1 atom stereocenters. The molecule has 2 aliphatic heterocycles. The van der Waals surface area contributed by atoms with Crippen LogP contribution < -0.4 is 5.32 Å². The van der Waals surface area contributed by atoms with Gasteiger partial charge in [-0.1, -0.05) is 0 Å². The fourth-order valence-electron chi connectivity index (χ4n) is 2.06. The molecule has 1 N–H and O–H groups in total. The number of nitrogens with one attached hydrogen (secondary N) is 1. The average Bonchev–Trinajstić information content (AvgIpc) is 2.25. The highest BCUT2D eigenvalue weighted by atomic mass is 16.5. The molecule has 2 fully saturated rings. The first-order valence-electron chi connectivity index (χ1n) is 5.39. The normalized spacial score (nSPS) is 28.3. The third-order valence-corrected chi connectivity index (χ3v) is 2.89. The van der Waals surface area contributed by atoms with E-state index in [2.05, 4.69) is 5.32 Å². The van der Waals surface area contributed by atoms with Gasteiger partial charge in [-0.15, -0.1) is 0 Å². The zero-order valence-corrected chi connectivity index (χ0v) is 8.70. The number of carbonyl (C=O) groups is 2. The Hall–Kier alpha value is -0.940. The van der Waals surface area contributed by atoms with Crippen LogP contribution in [0.15, 0.2) is 0 Å². The highest BCUT2D eigenvalue weighted by Gasteiger charge is 2.29. The maximum absolute atomic E-state index is 11.4. The van der Waals surface area contributed by atoms with Crippen LogP contribution in [0.4, 0.5) is 0 Å². The highest BCUT2D eigenvalue weighted by molar-refractivity contribution is 5.98. The Morgan fingerprint density at radius 3 is 2.67 bits per heavy atom. The van der Waals surface area contributed by atoms with Gasteiger partial charge in [0.2, 0.25) is 0 Å². The molecule has 0 aliphatic carbocycles. The van der Waals surface area contributed by atoms with Crippen LogP contribution in [-0.4, -0.2) is 49.6 Å². The van der Waals surface area contributed by atoms with Gasteiger partial charge in [-0.2, -0.15) is 0 Å². The smallest absolute Gasteiger partial charge is 0.255 e. The summed E-state index contributed by atoms with van der Waals surface area (Å²) < 4.78 is 4.86. The van der Waals surface area contributed by atoms with Crippen LogP contribution in [0.1, 0.15) is 12.8 Å². The fraction of sp³-hybridized carbons (Fsp3) is 0.800. The molecular weight excluding hydrogens is 196 g/mol. The number of hydrogen-bond acceptors (Lipinski definition) is 4. The van der Waals surface area contributed by atoms with E-state index in [1.54, 1.807) is 0 Å². The van der Waals surface area contributed by atoms with Crippen LogP contribution in [0.2, 0.25) is 0 Å². The zero-order valence-electron chi connectivity index (χ0n) is 8.70. The van der Waals surface area contributed by atoms with Gasteiger partial charge < -0.3 is 10.1 Å². The van der Waals surface area contributed by atoms with Crippen molar-refractivity contribution >= 4 is 11.8 Å². The second-order valence-corrected chi connectivity index (χ2v) is 4.10. The molecule has 0 aromatic heterocycles. The molecule has 15 heavy (non-hydrogen) atoms. The number of ether oxygens (including phenoxy) is 1. The lowest BCUT2D eigenvalue weighted by Gasteiger charge is -2.30. The van der Waals surface area contributed by atoms with Crippen LogP contribution in [0.25, 0.3) is 0 Å². The van der Waals surface area contributed by atoms with Gasteiger partial charge in [-0.05, 0) is 31.8 Å². The van der Waals surface area contributed by atoms with E-state index >= 15 is 0 Å². The maximum atomic E-state index is 11.4. The van der Waals surface area contributed by atoms with E-state index in [4.69, 9.17) is 4.74 Å². The molecule has 0 aromatic rings. The van der Waals surface area contributed by atoms with Gasteiger partial charge in [0.05, 0.1) is 0 Å². The second kappa shape index (κ2) is 4.72. The predicted octanol–water partition coefficient (Wildman–Crippen LogP) is -0.629. The molecule has 2 heterocycles. The lowest BCUT2D eigenvalue weighted by Crippen LogP contribution is -2.49. The molecular formula is C10H16N2O3. The van der Waals surface area contributed by atoms with Crippen LogP contribution >= 0.6 is 0 Å². The van der Waals surface area contributed by atoms with Gasteiger partial charge in [0, 0.05) is 6.54 Å². The van der Waals surface area contributed by atoms with Gasteiger partial charge in [0.25, 0.3) is 11.8 Å². The van der Waals surface area contributed by atoms with Gasteiger partial charge in [0.15, 0.2) is 0 Å². The SMILES string of the molecule is O=C1COCC(=O)N1C[C@@H]1CCCNC1. The third kappa shape index (κ3) is 2.54. The van der Waals surface area contributed by atoms with E-state index in [-0.39, 0.29) is 25.0 Å². The van der Waals surface area contributed by atoms with Crippen molar-refractivity contribution in [2.24, 2.45) is 5.92 Å². The number of hydrogen-bond donors (Lipinski definition) is 1. The third-order valence-electron chi connectivity index (χ3n) is 2.89. The van der Waals surface area contributed by atoms with E-state index in [0.717, 1.165) is 25.9 Å². The lowest BCUT2D eigenvalue weighted by atomic mass is 9.99. The number of imide groups is 1. The van der Waals surface area contributed by atoms with Crippen molar-refractivity contribution in [3.05, 3.63) is 0 Å². The summed E-state index contributed by atoms with van der Waals surface area (Å²) in [5.74, 6) is 0.0124. The van der Waals surface area contributed by atoms with E-state index in [0.29, 0.717) is 12.5 Å². The molecule has 0 radical (unpaired) electrons. The number of nitrogens with zero attached hydrogens (tertiary/aromatic N) is 1. The average molecular weight is 212 g/mol. The minimum atomic E-state index is -0.197. The molecule has 5 heteroatoms. The summed E-state index contributed by atoms with van der Waals surface area (Å²) in [6, 6.07) is 0. The van der Waals surface area contributed by atoms with Crippen LogP contribution in [0.5, 0.6) is 0 Å². The van der Waals surface area contributed by atoms with Crippen molar-refractivity contribution in [2.75, 3.05) is 32.8 Å². The first-order valence-corrected chi connectivity index (χ1v) is 5.39. The van der Waals surface area contributed by atoms with Gasteiger partial charge in [0.1, 0.15) is 13.2 Å². The minimum Gasteiger partial charge on any atom is -0.362 e. The van der Waals surface area contributed by atoms with Crippen molar-refractivity contribution in [3.8, 4) is 0 Å². The van der Waals surface area contributed by atoms with Gasteiger partial charge >= 0.3 is 0 Å². The Morgan fingerprint density at radius 2 is 2.07 bits per heavy atom. The minimum absolute atomic E-state index is 0.0475. The van der Waals surface area contributed by atoms with E-state index in [9.17, 15) is 9.59 Å². The Balaban J connectivity index is 1.90. The zero-order chi connectivity index (χ0) is 10.7. The summed E-state index contributed by atoms with van der Waals surface area (Å²) in [7, 11) is 0. The van der Waals surface area contributed by atoms with Gasteiger partial charge in [-0.3, -0.25) is 14.5 Å². The van der Waals surface area contributed by atoms with Crippen LogP contribution in [0, 0.1) is 5.92 Å². The van der Waals surface area contributed by atoms with Crippen molar-refractivity contribution in [3.63, 3.8) is 0 Å². The Morgan fingerprint density at radius 1 is 1.33 bits per heavy atom. The summed E-state index contributed by atoms with van der Waals surface area (Å²) in [5, 5.41) is 3.27. The molecule has 2 saturated heterocycles. The first-order chi connectivity index (χ1) is 7.27. The topological polar surface area (TPSA) is 58.6 Å². The van der Waals surface area contributed by atoms with Crippen molar-refractivity contribution in [2.45, 2.75) is 12.8 Å². The molecule has 0 unspecified atom stereocenters. The molecule has 0 saturated carbocycles. The number of piperidine rings is 1. The summed E-state index contributed by atoms with van der Waals surface area (Å²) >= 11 is 0. The molecule has 0 bridgehead atoms. The molecule has 0 aromatic carbocycles. The Labute approximate surface area is 88.8 Å². The van der Waals surface area contributed by atoms with Crippen LogP contribution in [-0.2, 0) is 14.3 Å². The maximum Gasteiger partial charge on any atom is 0.255 e. The van der Waals surface area contributed by atoms with Crippen LogP contribution in [0.3, 0.4) is 0 Å². The van der Waals surface area contributed by atoms with Crippen molar-refractivity contribution in [1.29, 1.82) is 0 Å². The Bertz CT molecular complexity index is 245. The molecule has 2 amide bonds. The fourth-order valence-corrected chi connectivity index (χ4v) is 2.06. The number of amides is 2. The van der Waals surface area contributed by atoms with Gasteiger partial charge in [-0.25, -0.2) is 0 Å². The monoisotopic (exact) mass is 212 g/mol. The lowest BCUT2D eigenvalue weighted by molar-refractivity contribution is -0.159. The summed E-state index contributed by atoms with van der Waals surface area (Å²) in [5.41, 5.74) is 0. The number of carbonyl (C=O) groups excluding carboxylic acids is 2. The number of rotatable bonds is 2. The standard InChI is InChI=1S/C10H16N2O3/c13-9-6-15-7-10(14)12(9)5-8-2-1-3-11-4-8/h8,11H,1-7H2/t8-/m1/s1. The summed E-state index contributed by atoms with van der Waals surface area (Å²) in [6.45, 7) is 2.59. The molecule has 2 aliphatic rings. The van der Waals surface area contributed by atoms with Crippen molar-refractivity contribution < 1.29 is 14.3 Å². The molecule has 2 rings (SSSR count).